The van der Waals surface area contributed by atoms with Crippen molar-refractivity contribution in [1.82, 2.24) is 58.1 Å². The molecule has 1 aromatic rings. The van der Waals surface area contributed by atoms with Crippen molar-refractivity contribution in [2.24, 2.45) is 23.7 Å². The number of hydrogen-bond acceptors (Lipinski definition) is 15. The van der Waals surface area contributed by atoms with Crippen LogP contribution in [0.25, 0.3) is 0 Å². The highest BCUT2D eigenvalue weighted by atomic mass is 16.6. The first-order valence-electron chi connectivity index (χ1n) is 31.6. The predicted molar refractivity (Wildman–Crippen MR) is 331 cm³/mol. The number of benzene rings is 1. The summed E-state index contributed by atoms with van der Waals surface area (Å²) in [5.74, 6) is -8.04. The van der Waals surface area contributed by atoms with Gasteiger partial charge in [-0.25, -0.2) is 9.59 Å². The number of nitrogens with zero attached hydrogens (tertiary/aromatic N) is 1. The van der Waals surface area contributed by atoms with E-state index < -0.39 is 155 Å². The van der Waals surface area contributed by atoms with Crippen LogP contribution < -0.4 is 53.2 Å². The third-order valence-electron chi connectivity index (χ3n) is 15.1. The summed E-state index contributed by atoms with van der Waals surface area (Å²) >= 11 is 0. The molecule has 2 bridgehead atoms. The van der Waals surface area contributed by atoms with Crippen LogP contribution in [-0.2, 0) is 63.8 Å². The Hall–Kier alpha value is -7.09. The Morgan fingerprint density at radius 1 is 0.573 bits per heavy atom. The summed E-state index contributed by atoms with van der Waals surface area (Å²) in [6.45, 7) is 24.3. The molecule has 0 saturated carbocycles. The normalized spacial score (nSPS) is 26.4. The Kier molecular flexibility index (Phi) is 29.1. The molecule has 11 amide bonds. The molecule has 1 aromatic carbocycles. The minimum absolute atomic E-state index is 0.0168. The molecule has 3 aliphatic rings. The van der Waals surface area contributed by atoms with Crippen LogP contribution in [0.1, 0.15) is 167 Å². The van der Waals surface area contributed by atoms with E-state index in [-0.39, 0.29) is 102 Å². The van der Waals surface area contributed by atoms with Gasteiger partial charge in [-0.05, 0) is 135 Å². The van der Waals surface area contributed by atoms with Crippen LogP contribution >= 0.6 is 0 Å². The number of amides is 11. The number of nitrogens with one attached hydrogen (secondary N) is 10. The number of fused-ring (bicyclic) bond motifs is 3. The number of hydrogen-bond donors (Lipinski definition) is 11. The molecule has 0 unspecified atom stereocenters. The summed E-state index contributed by atoms with van der Waals surface area (Å²) in [4.78, 5) is 157. The van der Waals surface area contributed by atoms with E-state index in [9.17, 15) is 53.1 Å². The fraction of sp³-hybridized carbons (Fsp3) is 0.730. The van der Waals surface area contributed by atoms with E-state index in [0.29, 0.717) is 12.0 Å². The zero-order valence-electron chi connectivity index (χ0n) is 54.8. The lowest BCUT2D eigenvalue weighted by Gasteiger charge is -2.35. The molecular weight excluding hydrogens is 1150 g/mol. The second-order valence-corrected chi connectivity index (χ2v) is 27.1. The lowest BCUT2D eigenvalue weighted by atomic mass is 9.97. The van der Waals surface area contributed by atoms with E-state index in [4.69, 9.17) is 14.2 Å². The molecule has 26 heteroatoms. The molecule has 3 fully saturated rings. The highest BCUT2D eigenvalue weighted by Crippen LogP contribution is 2.24. The average Bonchev–Trinajstić information content (AvgIpc) is 3.30. The van der Waals surface area contributed by atoms with Crippen molar-refractivity contribution in [2.45, 2.75) is 245 Å². The standard InChI is InChI=1S/C63H103N11O15/c1-35(2)31-43-51(76)66-34-40-26-27-47(75)50(87-40)58(83)73-49(38(7)8)57(82)68-42(24-19-29-65-61(86)89-63(12,13)14)53(78)70-44(32-36(3)4)54(79)71-45(33-39-21-16-15-17-22-39)59(84)74-30-20-25-46(74)55(80)72-48(37(5)6)56(81)67-41(52(77)69-43)23-18-28-64-60(85)88-62(9,10)11/h15-17,21-22,35-38,40-50,75H,18-20,23-34H2,1-14H3,(H,64,85)(H,65,86)(H,66,76)(H,67,81)(H,68,82)(H,69,77)(H,70,78)(H,71,79)(H,72,80)(H,73,83)/t40-,41+,42+,43+,44+,45-,46+,47+,48+,49+,50+/m1/s1. The van der Waals surface area contributed by atoms with Gasteiger partial charge in [0.2, 0.25) is 47.3 Å². The van der Waals surface area contributed by atoms with Crippen LogP contribution in [0, 0.1) is 23.7 Å². The van der Waals surface area contributed by atoms with Crippen molar-refractivity contribution in [2.75, 3.05) is 26.2 Å². The second kappa shape index (κ2) is 34.8. The summed E-state index contributed by atoms with van der Waals surface area (Å²) in [6, 6.07) is -1.18. The molecule has 0 radical (unpaired) electrons. The minimum Gasteiger partial charge on any atom is -0.444 e. The molecule has 11 N–H and O–H groups in total. The highest BCUT2D eigenvalue weighted by molar-refractivity contribution is 5.98. The first-order valence-corrected chi connectivity index (χ1v) is 31.6. The molecule has 4 rings (SSSR count). The van der Waals surface area contributed by atoms with Crippen molar-refractivity contribution < 1.29 is 72.1 Å². The number of carbonyl (C=O) groups excluding carboxylic acids is 11. The number of alkyl carbamates (subject to hydrolysis) is 2. The molecule has 3 saturated heterocycles. The van der Waals surface area contributed by atoms with E-state index >= 15 is 4.79 Å². The molecule has 0 aromatic heterocycles. The average molecular weight is 1250 g/mol. The van der Waals surface area contributed by atoms with Gasteiger partial charge in [-0.3, -0.25) is 43.2 Å². The summed E-state index contributed by atoms with van der Waals surface area (Å²) in [7, 11) is 0. The summed E-state index contributed by atoms with van der Waals surface area (Å²) < 4.78 is 16.9. The van der Waals surface area contributed by atoms with Gasteiger partial charge in [-0.15, -0.1) is 0 Å². The molecule has 26 nitrogen and oxygen atoms in total. The van der Waals surface area contributed by atoms with Gasteiger partial charge in [0.25, 0.3) is 5.91 Å². The fourth-order valence-electron chi connectivity index (χ4n) is 10.6. The SMILES string of the molecule is CC(C)C[C@@H]1NC(=O)[C@H](CCCNC(=O)OC(C)(C)C)NC(=O)[C@H](C(C)C)NC(=O)[C@@H]2CCCN2C(=O)[C@@H](Cc2ccccc2)NC(=O)[C@H](CC(C)C)NC(=O)[C@H](CCCNC(=O)OC(C)(C)C)NC(=O)[C@H](C(C)C)NC(=O)[C@H]2O[C@H](CC[C@@H]2O)CNC1=O. The minimum atomic E-state index is -1.51. The van der Waals surface area contributed by atoms with Gasteiger partial charge in [-0.2, -0.15) is 0 Å². The second-order valence-electron chi connectivity index (χ2n) is 27.1. The Bertz CT molecular complexity index is 2570. The van der Waals surface area contributed by atoms with Gasteiger partial charge < -0.3 is 77.4 Å². The number of ether oxygens (including phenoxy) is 3. The van der Waals surface area contributed by atoms with E-state index in [2.05, 4.69) is 53.2 Å². The maximum atomic E-state index is 15.0. The summed E-state index contributed by atoms with van der Waals surface area (Å²) in [5.41, 5.74) is -0.922. The molecular formula is C63H103N11O15. The zero-order valence-corrected chi connectivity index (χ0v) is 54.8. The number of rotatable bonds is 16. The van der Waals surface area contributed by atoms with Crippen LogP contribution in [-0.4, -0.2) is 179 Å². The zero-order chi connectivity index (χ0) is 66.5. The first-order chi connectivity index (χ1) is 41.6. The molecule has 11 atom stereocenters. The molecule has 500 valence electrons. The Morgan fingerprint density at radius 3 is 1.49 bits per heavy atom. The smallest absolute Gasteiger partial charge is 0.407 e. The van der Waals surface area contributed by atoms with Gasteiger partial charge in [0.1, 0.15) is 59.5 Å². The van der Waals surface area contributed by atoms with Gasteiger partial charge in [0, 0.05) is 32.6 Å². The molecule has 3 aliphatic heterocycles. The Morgan fingerprint density at radius 2 is 1.02 bits per heavy atom. The number of carbonyl (C=O) groups is 11. The molecule has 0 spiro atoms. The summed E-state index contributed by atoms with van der Waals surface area (Å²) in [5, 5.41) is 38.9. The van der Waals surface area contributed by atoms with Crippen LogP contribution in [0.15, 0.2) is 30.3 Å². The maximum absolute atomic E-state index is 15.0. The quantitative estimate of drug-likeness (QED) is 0.106. The van der Waals surface area contributed by atoms with Crippen LogP contribution in [0.4, 0.5) is 9.59 Å². The van der Waals surface area contributed by atoms with E-state index in [1.54, 1.807) is 99.6 Å². The molecule has 89 heavy (non-hydrogen) atoms. The lowest BCUT2D eigenvalue weighted by Crippen LogP contribution is -2.61. The van der Waals surface area contributed by atoms with E-state index in [0.717, 1.165) is 0 Å². The van der Waals surface area contributed by atoms with E-state index in [1.165, 1.54) is 4.90 Å². The van der Waals surface area contributed by atoms with Gasteiger partial charge in [0.05, 0.1) is 12.2 Å². The van der Waals surface area contributed by atoms with Crippen molar-refractivity contribution in [1.29, 1.82) is 0 Å². The third kappa shape index (κ3) is 25.4. The molecule has 0 aliphatic carbocycles. The van der Waals surface area contributed by atoms with Crippen molar-refractivity contribution in [3.63, 3.8) is 0 Å². The van der Waals surface area contributed by atoms with Crippen LogP contribution in [0.3, 0.4) is 0 Å². The van der Waals surface area contributed by atoms with Crippen molar-refractivity contribution >= 4 is 65.4 Å². The largest absolute Gasteiger partial charge is 0.444 e. The van der Waals surface area contributed by atoms with Crippen molar-refractivity contribution in [3.05, 3.63) is 35.9 Å². The number of aliphatic hydroxyl groups is 1. The lowest BCUT2D eigenvalue weighted by molar-refractivity contribution is -0.159. The Balaban J connectivity index is 1.80. The summed E-state index contributed by atoms with van der Waals surface area (Å²) in [6.07, 6.45) is -3.85. The number of aliphatic hydroxyl groups excluding tert-OH is 1. The third-order valence-corrected chi connectivity index (χ3v) is 15.1. The topological polar surface area (TPSA) is 359 Å². The highest BCUT2D eigenvalue weighted by Gasteiger charge is 2.43. The van der Waals surface area contributed by atoms with Gasteiger partial charge in [0.15, 0.2) is 6.10 Å². The Labute approximate surface area is 524 Å². The monoisotopic (exact) mass is 1250 g/mol. The van der Waals surface area contributed by atoms with Crippen molar-refractivity contribution in [3.8, 4) is 0 Å². The van der Waals surface area contributed by atoms with Gasteiger partial charge in [-0.1, -0.05) is 85.7 Å². The van der Waals surface area contributed by atoms with Gasteiger partial charge >= 0.3 is 12.2 Å². The fourth-order valence-corrected chi connectivity index (χ4v) is 10.6. The van der Waals surface area contributed by atoms with Crippen LogP contribution in [0.5, 0.6) is 0 Å². The predicted octanol–water partition coefficient (Wildman–Crippen LogP) is 2.67. The maximum Gasteiger partial charge on any atom is 0.407 e. The van der Waals surface area contributed by atoms with E-state index in [1.807, 2.05) is 27.7 Å². The first kappa shape index (κ1) is 74.4. The molecule has 3 heterocycles. The van der Waals surface area contributed by atoms with Crippen LogP contribution in [0.2, 0.25) is 0 Å².